The lowest BCUT2D eigenvalue weighted by Crippen LogP contribution is -2.14. The van der Waals surface area contributed by atoms with Gasteiger partial charge in [-0.05, 0) is 24.3 Å². The van der Waals surface area contributed by atoms with Crippen LogP contribution in [0.3, 0.4) is 0 Å². The summed E-state index contributed by atoms with van der Waals surface area (Å²) in [7, 11) is 1.46. The zero-order valence-corrected chi connectivity index (χ0v) is 12.1. The number of anilines is 1. The highest BCUT2D eigenvalue weighted by Gasteiger charge is 2.13. The molecule has 6 heteroatoms. The van der Waals surface area contributed by atoms with Crippen molar-refractivity contribution < 1.29 is 18.3 Å². The number of nitrogens with one attached hydrogen (secondary N) is 1. The summed E-state index contributed by atoms with van der Waals surface area (Å²) in [6, 6.07) is 11.3. The Balaban J connectivity index is 2.28. The predicted molar refractivity (Wildman–Crippen MR) is 81.6 cm³/mol. The van der Waals surface area contributed by atoms with E-state index in [9.17, 15) is 13.6 Å². The number of carbonyl (C=O) groups is 1. The van der Waals surface area contributed by atoms with Gasteiger partial charge in [0, 0.05) is 11.6 Å². The minimum atomic E-state index is -0.923. The van der Waals surface area contributed by atoms with Crippen LogP contribution in [0.2, 0.25) is 0 Å². The second-order valence-corrected chi connectivity index (χ2v) is 4.49. The number of carbonyl (C=O) groups excluding carboxylic acids is 1. The zero-order chi connectivity index (χ0) is 16.8. The van der Waals surface area contributed by atoms with Gasteiger partial charge in [0.15, 0.2) is 0 Å². The number of methoxy groups -OCH3 is 1. The number of rotatable bonds is 4. The number of para-hydroxylation sites is 1. The third kappa shape index (κ3) is 3.92. The van der Waals surface area contributed by atoms with Crippen LogP contribution >= 0.6 is 0 Å². The molecule has 0 unspecified atom stereocenters. The van der Waals surface area contributed by atoms with Crippen LogP contribution in [0.15, 0.2) is 48.0 Å². The minimum Gasteiger partial charge on any atom is -0.496 e. The van der Waals surface area contributed by atoms with Gasteiger partial charge < -0.3 is 10.1 Å². The van der Waals surface area contributed by atoms with Crippen molar-refractivity contribution >= 4 is 17.7 Å². The van der Waals surface area contributed by atoms with E-state index < -0.39 is 17.5 Å². The van der Waals surface area contributed by atoms with Crippen LogP contribution in [0.25, 0.3) is 6.08 Å². The van der Waals surface area contributed by atoms with Crippen molar-refractivity contribution in [2.75, 3.05) is 12.4 Å². The zero-order valence-electron chi connectivity index (χ0n) is 12.1. The summed E-state index contributed by atoms with van der Waals surface area (Å²) < 4.78 is 31.5. The fourth-order valence-electron chi connectivity index (χ4n) is 1.87. The Hall–Kier alpha value is -3.20. The molecular formula is C17H12F2N2O2. The topological polar surface area (TPSA) is 62.1 Å². The third-order valence-electron chi connectivity index (χ3n) is 2.98. The summed E-state index contributed by atoms with van der Waals surface area (Å²) in [5.74, 6) is -2.00. The van der Waals surface area contributed by atoms with E-state index in [-0.39, 0.29) is 11.3 Å². The van der Waals surface area contributed by atoms with Crippen molar-refractivity contribution in [3.05, 3.63) is 65.2 Å². The lowest BCUT2D eigenvalue weighted by Gasteiger charge is -2.07. The highest BCUT2D eigenvalue weighted by Crippen LogP contribution is 2.21. The molecule has 0 atom stereocenters. The molecular weight excluding hydrogens is 302 g/mol. The first-order chi connectivity index (χ1) is 11.0. The van der Waals surface area contributed by atoms with E-state index in [0.717, 1.165) is 12.1 Å². The molecule has 0 aromatic heterocycles. The SMILES string of the molecule is COc1ccccc1/C=C(\C#N)C(=O)Nc1ccc(F)cc1F. The highest BCUT2D eigenvalue weighted by atomic mass is 19.1. The summed E-state index contributed by atoms with van der Waals surface area (Å²) in [4.78, 5) is 12.1. The molecule has 1 N–H and O–H groups in total. The van der Waals surface area contributed by atoms with Crippen LogP contribution in [0.4, 0.5) is 14.5 Å². The maximum absolute atomic E-state index is 13.5. The Labute approximate surface area is 131 Å². The molecule has 0 saturated heterocycles. The molecule has 2 aromatic carbocycles. The standard InChI is InChI=1S/C17H12F2N2O2/c1-23-16-5-3-2-4-11(16)8-12(10-20)17(22)21-15-7-6-13(18)9-14(15)19/h2-9H,1H3,(H,21,22)/b12-8+. The van der Waals surface area contributed by atoms with Crippen molar-refractivity contribution in [1.82, 2.24) is 0 Å². The van der Waals surface area contributed by atoms with Crippen molar-refractivity contribution in [2.24, 2.45) is 0 Å². The van der Waals surface area contributed by atoms with Gasteiger partial charge in [-0.3, -0.25) is 4.79 Å². The van der Waals surface area contributed by atoms with Gasteiger partial charge in [0.2, 0.25) is 0 Å². The van der Waals surface area contributed by atoms with Gasteiger partial charge in [0.05, 0.1) is 12.8 Å². The second kappa shape index (κ2) is 7.18. The predicted octanol–water partition coefficient (Wildman–Crippen LogP) is 3.52. The third-order valence-corrected chi connectivity index (χ3v) is 2.98. The van der Waals surface area contributed by atoms with Gasteiger partial charge in [-0.25, -0.2) is 8.78 Å². The minimum absolute atomic E-state index is 0.211. The van der Waals surface area contributed by atoms with Gasteiger partial charge >= 0.3 is 0 Å². The van der Waals surface area contributed by atoms with Crippen molar-refractivity contribution in [1.29, 1.82) is 5.26 Å². The second-order valence-electron chi connectivity index (χ2n) is 4.49. The molecule has 0 spiro atoms. The highest BCUT2D eigenvalue weighted by molar-refractivity contribution is 6.09. The Morgan fingerprint density at radius 3 is 2.65 bits per heavy atom. The largest absolute Gasteiger partial charge is 0.496 e. The Morgan fingerprint density at radius 1 is 1.26 bits per heavy atom. The molecule has 0 bridgehead atoms. The lowest BCUT2D eigenvalue weighted by atomic mass is 10.1. The van der Waals surface area contributed by atoms with Crippen LogP contribution in [0, 0.1) is 23.0 Å². The summed E-state index contributed by atoms with van der Waals surface area (Å²) in [6.07, 6.45) is 1.33. The number of halogens is 2. The number of ether oxygens (including phenoxy) is 1. The van der Waals surface area contributed by atoms with E-state index in [0.29, 0.717) is 17.4 Å². The van der Waals surface area contributed by atoms with Crippen LogP contribution < -0.4 is 10.1 Å². The molecule has 0 aliphatic rings. The molecule has 0 aliphatic heterocycles. The summed E-state index contributed by atoms with van der Waals surface area (Å²) in [5, 5.41) is 11.4. The molecule has 0 fully saturated rings. The van der Waals surface area contributed by atoms with Gasteiger partial charge in [0.1, 0.15) is 29.0 Å². The first kappa shape index (κ1) is 16.2. The number of nitrogens with zero attached hydrogens (tertiary/aromatic N) is 1. The summed E-state index contributed by atoms with van der Waals surface area (Å²) >= 11 is 0. The monoisotopic (exact) mass is 314 g/mol. The maximum Gasteiger partial charge on any atom is 0.266 e. The Kier molecular flexibility index (Phi) is 5.05. The molecule has 0 saturated carbocycles. The number of benzene rings is 2. The molecule has 116 valence electrons. The Morgan fingerprint density at radius 2 is 2.00 bits per heavy atom. The summed E-state index contributed by atoms with van der Waals surface area (Å²) in [6.45, 7) is 0. The van der Waals surface area contributed by atoms with E-state index >= 15 is 0 Å². The molecule has 2 aromatic rings. The van der Waals surface area contributed by atoms with Crippen LogP contribution in [-0.4, -0.2) is 13.0 Å². The van der Waals surface area contributed by atoms with Crippen LogP contribution in [0.5, 0.6) is 5.75 Å². The molecule has 0 heterocycles. The Bertz CT molecular complexity index is 810. The van der Waals surface area contributed by atoms with E-state index in [1.807, 2.05) is 0 Å². The first-order valence-electron chi connectivity index (χ1n) is 6.56. The fourth-order valence-corrected chi connectivity index (χ4v) is 1.87. The number of hydrogen-bond acceptors (Lipinski definition) is 3. The number of amides is 1. The van der Waals surface area contributed by atoms with Gasteiger partial charge in [0.25, 0.3) is 5.91 Å². The van der Waals surface area contributed by atoms with Gasteiger partial charge in [-0.1, -0.05) is 18.2 Å². The smallest absolute Gasteiger partial charge is 0.266 e. The quantitative estimate of drug-likeness (QED) is 0.694. The average Bonchev–Trinajstić information content (AvgIpc) is 2.55. The molecule has 0 radical (unpaired) electrons. The van der Waals surface area contributed by atoms with Crippen molar-refractivity contribution in [2.45, 2.75) is 0 Å². The molecule has 0 aliphatic carbocycles. The van der Waals surface area contributed by atoms with Crippen LogP contribution in [-0.2, 0) is 4.79 Å². The number of hydrogen-bond donors (Lipinski definition) is 1. The van der Waals surface area contributed by atoms with E-state index in [1.54, 1.807) is 30.3 Å². The molecule has 23 heavy (non-hydrogen) atoms. The maximum atomic E-state index is 13.5. The van der Waals surface area contributed by atoms with Gasteiger partial charge in [-0.2, -0.15) is 5.26 Å². The molecule has 2 rings (SSSR count). The van der Waals surface area contributed by atoms with Crippen molar-refractivity contribution in [3.8, 4) is 11.8 Å². The van der Waals surface area contributed by atoms with E-state index in [4.69, 9.17) is 10.00 Å². The number of nitriles is 1. The lowest BCUT2D eigenvalue weighted by molar-refractivity contribution is -0.112. The average molecular weight is 314 g/mol. The van der Waals surface area contributed by atoms with E-state index in [2.05, 4.69) is 5.32 Å². The first-order valence-corrected chi connectivity index (χ1v) is 6.56. The summed E-state index contributed by atoms with van der Waals surface area (Å²) in [5.41, 5.74) is 0.0806. The van der Waals surface area contributed by atoms with Gasteiger partial charge in [-0.15, -0.1) is 0 Å². The van der Waals surface area contributed by atoms with E-state index in [1.165, 1.54) is 13.2 Å². The van der Waals surface area contributed by atoms with Crippen LogP contribution in [0.1, 0.15) is 5.56 Å². The molecule has 4 nitrogen and oxygen atoms in total. The molecule has 1 amide bonds. The fraction of sp³-hybridized carbons (Fsp3) is 0.0588. The normalized spacial score (nSPS) is 10.8. The van der Waals surface area contributed by atoms with Crippen molar-refractivity contribution in [3.63, 3.8) is 0 Å².